The first-order valence-corrected chi connectivity index (χ1v) is 8.49. The van der Waals surface area contributed by atoms with Gasteiger partial charge in [-0.15, -0.1) is 18.1 Å². The van der Waals surface area contributed by atoms with Gasteiger partial charge in [0.2, 0.25) is 0 Å². The Balaban J connectivity index is 2.22. The predicted molar refractivity (Wildman–Crippen MR) is 94.5 cm³/mol. The minimum Gasteiger partial charge on any atom is -0.430 e. The lowest BCUT2D eigenvalue weighted by Crippen LogP contribution is -1.97. The number of oxazole rings is 1. The summed E-state index contributed by atoms with van der Waals surface area (Å²) in [5.41, 5.74) is 3.87. The second-order valence-corrected chi connectivity index (χ2v) is 6.53. The van der Waals surface area contributed by atoms with Gasteiger partial charge in [-0.2, -0.15) is 4.98 Å². The van der Waals surface area contributed by atoms with E-state index in [-0.39, 0.29) is 5.92 Å². The molecule has 1 heterocycles. The zero-order valence-corrected chi connectivity index (χ0v) is 14.7. The first-order chi connectivity index (χ1) is 10.7. The summed E-state index contributed by atoms with van der Waals surface area (Å²) in [6.45, 7) is 5.86. The summed E-state index contributed by atoms with van der Waals surface area (Å²) in [7, 11) is 0. The molecule has 2 aromatic rings. The minimum absolute atomic E-state index is 0.215. The summed E-state index contributed by atoms with van der Waals surface area (Å²) in [6.07, 6.45) is 6.91. The van der Waals surface area contributed by atoms with Gasteiger partial charge in [-0.05, 0) is 52.2 Å². The molecule has 0 N–H and O–H groups in total. The van der Waals surface area contributed by atoms with Gasteiger partial charge in [0, 0.05) is 16.9 Å². The Bertz CT molecular complexity index is 723. The average Bonchev–Trinajstić information content (AvgIpc) is 2.87. The van der Waals surface area contributed by atoms with Crippen molar-refractivity contribution >= 4 is 33.3 Å². The molecule has 0 aliphatic heterocycles. The molecule has 0 unspecified atom stereocenters. The van der Waals surface area contributed by atoms with E-state index in [0.29, 0.717) is 22.0 Å². The second-order valence-electron chi connectivity index (χ2n) is 4.75. The number of terminal acetylenes is 1. The third kappa shape index (κ3) is 4.18. The van der Waals surface area contributed by atoms with Crippen LogP contribution in [0.1, 0.15) is 25.5 Å². The smallest absolute Gasteiger partial charge is 0.262 e. The highest BCUT2D eigenvalue weighted by Crippen LogP contribution is 2.36. The van der Waals surface area contributed by atoms with Gasteiger partial charge < -0.3 is 4.42 Å². The van der Waals surface area contributed by atoms with Crippen LogP contribution < -0.4 is 0 Å². The Kier molecular flexibility index (Phi) is 6.15. The molecule has 0 fully saturated rings. The molecule has 2 nitrogen and oxygen atoms in total. The summed E-state index contributed by atoms with van der Waals surface area (Å²) in [5, 5.41) is 0.588. The maximum absolute atomic E-state index is 5.89. The van der Waals surface area contributed by atoms with Gasteiger partial charge in [-0.25, -0.2) is 0 Å². The number of aromatic nitrogens is 1. The fourth-order valence-electron chi connectivity index (χ4n) is 2.00. The molecule has 0 saturated heterocycles. The zero-order valence-electron chi connectivity index (χ0n) is 12.3. The van der Waals surface area contributed by atoms with Crippen molar-refractivity contribution in [2.45, 2.75) is 29.9 Å². The number of halogens is 1. The molecule has 1 aromatic heterocycles. The highest BCUT2D eigenvalue weighted by atomic mass is 79.9. The van der Waals surface area contributed by atoms with Crippen LogP contribution >= 0.6 is 27.7 Å². The largest absolute Gasteiger partial charge is 0.430 e. The average molecular weight is 374 g/mol. The molecular formula is C18H16BrNOS. The summed E-state index contributed by atoms with van der Waals surface area (Å²) >= 11 is 4.94. The number of allylic oxidation sites excluding steroid dienone is 1. The van der Waals surface area contributed by atoms with Crippen LogP contribution in [0.5, 0.6) is 0 Å². The van der Waals surface area contributed by atoms with E-state index in [4.69, 9.17) is 10.8 Å². The van der Waals surface area contributed by atoms with Crippen LogP contribution in [0.15, 0.2) is 61.8 Å². The van der Waals surface area contributed by atoms with Crippen molar-refractivity contribution in [2.75, 3.05) is 0 Å². The van der Waals surface area contributed by atoms with E-state index < -0.39 is 0 Å². The normalized spacial score (nSPS) is 11.5. The highest BCUT2D eigenvalue weighted by molar-refractivity contribution is 9.10. The van der Waals surface area contributed by atoms with Crippen molar-refractivity contribution < 1.29 is 4.42 Å². The molecule has 0 aliphatic rings. The topological polar surface area (TPSA) is 26.0 Å². The van der Waals surface area contributed by atoms with E-state index in [0.717, 1.165) is 16.9 Å². The van der Waals surface area contributed by atoms with Gasteiger partial charge in [0.1, 0.15) is 0 Å². The number of hydrogen-bond acceptors (Lipinski definition) is 3. The van der Waals surface area contributed by atoms with E-state index in [9.17, 15) is 0 Å². The number of nitrogens with zero attached hydrogens (tertiary/aromatic N) is 1. The van der Waals surface area contributed by atoms with Crippen molar-refractivity contribution in [3.8, 4) is 12.3 Å². The van der Waals surface area contributed by atoms with E-state index in [1.54, 1.807) is 0 Å². The molecule has 112 valence electrons. The molecule has 1 atom stereocenters. The number of hydrogen-bond donors (Lipinski definition) is 0. The quantitative estimate of drug-likeness (QED) is 0.472. The molecule has 0 saturated carbocycles. The van der Waals surface area contributed by atoms with Crippen LogP contribution in [0.25, 0.3) is 5.57 Å². The third-order valence-electron chi connectivity index (χ3n) is 3.16. The van der Waals surface area contributed by atoms with Gasteiger partial charge >= 0.3 is 0 Å². The Morgan fingerprint density at radius 1 is 1.45 bits per heavy atom. The predicted octanol–water partition coefficient (Wildman–Crippen LogP) is 5.81. The van der Waals surface area contributed by atoms with Crippen molar-refractivity contribution in [2.24, 2.45) is 5.92 Å². The van der Waals surface area contributed by atoms with Crippen LogP contribution in [0, 0.1) is 18.3 Å². The van der Waals surface area contributed by atoms with Crippen LogP contribution in [0.2, 0.25) is 0 Å². The molecule has 2 rings (SSSR count). The Hall–Kier alpha value is -1.66. The van der Waals surface area contributed by atoms with Crippen LogP contribution in [-0.4, -0.2) is 4.98 Å². The van der Waals surface area contributed by atoms with Gasteiger partial charge in [-0.3, -0.25) is 0 Å². The van der Waals surface area contributed by atoms with E-state index >= 15 is 0 Å². The molecular weight excluding hydrogens is 358 g/mol. The van der Waals surface area contributed by atoms with Crippen molar-refractivity contribution in [1.29, 1.82) is 0 Å². The van der Waals surface area contributed by atoms with Crippen molar-refractivity contribution in [3.05, 3.63) is 53.0 Å². The maximum atomic E-state index is 5.89. The highest BCUT2D eigenvalue weighted by Gasteiger charge is 2.20. The summed E-state index contributed by atoms with van der Waals surface area (Å²) in [4.78, 5) is 5.50. The third-order valence-corrected chi connectivity index (χ3v) is 4.56. The fourth-order valence-corrected chi connectivity index (χ4v) is 3.33. The van der Waals surface area contributed by atoms with Crippen LogP contribution in [-0.2, 0) is 0 Å². The molecule has 0 radical (unpaired) electrons. The Morgan fingerprint density at radius 3 is 2.82 bits per heavy atom. The van der Waals surface area contributed by atoms with Crippen molar-refractivity contribution in [1.82, 2.24) is 4.98 Å². The molecule has 1 aromatic carbocycles. The maximum Gasteiger partial charge on any atom is 0.262 e. The van der Waals surface area contributed by atoms with Crippen LogP contribution in [0.4, 0.5) is 0 Å². The molecule has 4 heteroatoms. The summed E-state index contributed by atoms with van der Waals surface area (Å²) < 4.78 is 6.56. The number of benzene rings is 1. The summed E-state index contributed by atoms with van der Waals surface area (Å²) in [5.74, 6) is 3.55. The molecule has 22 heavy (non-hydrogen) atoms. The SMILES string of the molecule is C#CCC[C@H](C)C(=C=C)c1oc(Sc2ccccc2)nc1Br. The van der Waals surface area contributed by atoms with E-state index in [1.165, 1.54) is 11.8 Å². The van der Waals surface area contributed by atoms with Gasteiger partial charge in [0.25, 0.3) is 5.22 Å². The van der Waals surface area contributed by atoms with E-state index in [2.05, 4.69) is 46.1 Å². The minimum atomic E-state index is 0.215. The Labute approximate surface area is 143 Å². The first-order valence-electron chi connectivity index (χ1n) is 6.88. The fraction of sp³-hybridized carbons (Fsp3) is 0.222. The second kappa shape index (κ2) is 8.10. The van der Waals surface area contributed by atoms with Gasteiger partial charge in [0.05, 0.1) is 0 Å². The summed E-state index contributed by atoms with van der Waals surface area (Å²) in [6, 6.07) is 9.98. The zero-order chi connectivity index (χ0) is 15.9. The lowest BCUT2D eigenvalue weighted by molar-refractivity contribution is 0.438. The van der Waals surface area contributed by atoms with Crippen molar-refractivity contribution in [3.63, 3.8) is 0 Å². The monoisotopic (exact) mass is 373 g/mol. The molecule has 0 spiro atoms. The number of rotatable bonds is 6. The van der Waals surface area contributed by atoms with Gasteiger partial charge in [-0.1, -0.05) is 31.7 Å². The first kappa shape index (κ1) is 16.7. The Morgan fingerprint density at radius 2 is 2.18 bits per heavy atom. The van der Waals surface area contributed by atoms with Gasteiger partial charge in [0.15, 0.2) is 10.4 Å². The standard InChI is InChI=1S/C18H16BrNOS/c1-4-6-10-13(3)15(5-2)16-17(19)20-18(21-16)22-14-11-8-7-9-12-14/h1,7-9,11-13H,2,6,10H2,3H3/t13-/m0/s1. The molecule has 0 aliphatic carbocycles. The lowest BCUT2D eigenvalue weighted by atomic mass is 9.95. The van der Waals surface area contributed by atoms with Crippen LogP contribution in [0.3, 0.4) is 0 Å². The lowest BCUT2D eigenvalue weighted by Gasteiger charge is -2.10. The molecule has 0 bridgehead atoms. The molecule has 0 amide bonds. The van der Waals surface area contributed by atoms with E-state index in [1.807, 2.05) is 30.3 Å².